The topological polar surface area (TPSA) is 21.3 Å². The number of ether oxygens (including phenoxy) is 1. The molecule has 1 aromatic rings. The number of hydrogen-bond acceptors (Lipinski definition) is 2. The minimum Gasteiger partial charge on any atom is -0.384 e. The number of benzene rings is 1. The van der Waals surface area contributed by atoms with Gasteiger partial charge in [0.15, 0.2) is 0 Å². The number of rotatable bonds is 3. The van der Waals surface area contributed by atoms with Crippen LogP contribution in [0, 0.1) is 5.41 Å². The Hall–Kier alpha value is 0.01000. The number of hydrogen-bond donors (Lipinski definition) is 1. The third-order valence-corrected chi connectivity index (χ3v) is 5.35. The second-order valence-electron chi connectivity index (χ2n) is 5.53. The summed E-state index contributed by atoms with van der Waals surface area (Å²) in [7, 11) is 1.78. The molecule has 2 nitrogen and oxygen atoms in total. The normalized spacial score (nSPS) is 32.4. The molecule has 0 aromatic heterocycles. The zero-order chi connectivity index (χ0) is 12.8. The summed E-state index contributed by atoms with van der Waals surface area (Å²) in [5, 5.41) is 4.76. The van der Waals surface area contributed by atoms with Crippen LogP contribution in [0.3, 0.4) is 0 Å². The van der Waals surface area contributed by atoms with Crippen molar-refractivity contribution in [2.24, 2.45) is 5.41 Å². The highest BCUT2D eigenvalue weighted by molar-refractivity contribution is 6.42. The molecule has 3 rings (SSSR count). The van der Waals surface area contributed by atoms with Crippen molar-refractivity contribution < 1.29 is 4.74 Å². The second kappa shape index (κ2) is 5.42. The predicted octanol–water partition coefficient (Wildman–Crippen LogP) is 3.68. The maximum Gasteiger partial charge on any atom is 0.0595 e. The zero-order valence-corrected chi connectivity index (χ0v) is 13.2. The largest absolute Gasteiger partial charge is 0.384 e. The summed E-state index contributed by atoms with van der Waals surface area (Å²) < 4.78 is 5.43. The zero-order valence-electron chi connectivity index (χ0n) is 10.8. The standard InChI is InChI=1S/C14H17Cl2NO.ClH/c1-18-9-13-7-14(13,4-5-17-8-13)10-2-3-11(15)12(16)6-10;/h2-3,6,17H,4-5,7-9H2,1H3;1H/t13-,14-;/m1./s1. The molecule has 0 amide bonds. The highest BCUT2D eigenvalue weighted by Crippen LogP contribution is 2.67. The van der Waals surface area contributed by atoms with Crippen molar-refractivity contribution in [1.82, 2.24) is 5.32 Å². The number of methoxy groups -OCH3 is 1. The molecule has 19 heavy (non-hydrogen) atoms. The van der Waals surface area contributed by atoms with Crippen LogP contribution in [-0.2, 0) is 10.2 Å². The van der Waals surface area contributed by atoms with Crippen LogP contribution in [0.25, 0.3) is 0 Å². The molecule has 1 aromatic carbocycles. The highest BCUT2D eigenvalue weighted by Gasteiger charge is 2.68. The first-order valence-corrected chi connectivity index (χ1v) is 7.04. The van der Waals surface area contributed by atoms with Gasteiger partial charge in [0.05, 0.1) is 16.7 Å². The Morgan fingerprint density at radius 2 is 2.11 bits per heavy atom. The second-order valence-corrected chi connectivity index (χ2v) is 6.34. The van der Waals surface area contributed by atoms with E-state index in [0.29, 0.717) is 10.0 Å². The first-order chi connectivity index (χ1) is 8.63. The monoisotopic (exact) mass is 321 g/mol. The van der Waals surface area contributed by atoms with Gasteiger partial charge in [0, 0.05) is 24.5 Å². The molecule has 0 radical (unpaired) electrons. The van der Waals surface area contributed by atoms with Crippen molar-refractivity contribution in [3.63, 3.8) is 0 Å². The van der Waals surface area contributed by atoms with E-state index in [-0.39, 0.29) is 23.2 Å². The molecule has 2 aliphatic rings. The highest BCUT2D eigenvalue weighted by atomic mass is 35.5. The van der Waals surface area contributed by atoms with Crippen LogP contribution in [0.1, 0.15) is 18.4 Å². The molecule has 0 bridgehead atoms. The van der Waals surface area contributed by atoms with E-state index >= 15 is 0 Å². The molecule has 1 aliphatic heterocycles. The van der Waals surface area contributed by atoms with Gasteiger partial charge in [-0.15, -0.1) is 12.4 Å². The molecule has 2 fully saturated rings. The van der Waals surface area contributed by atoms with E-state index < -0.39 is 0 Å². The lowest BCUT2D eigenvalue weighted by atomic mass is 9.81. The van der Waals surface area contributed by atoms with Crippen LogP contribution in [0.15, 0.2) is 18.2 Å². The molecule has 1 N–H and O–H groups in total. The number of nitrogens with one attached hydrogen (secondary N) is 1. The van der Waals surface area contributed by atoms with Crippen molar-refractivity contribution in [2.45, 2.75) is 18.3 Å². The van der Waals surface area contributed by atoms with Gasteiger partial charge in [-0.1, -0.05) is 29.3 Å². The summed E-state index contributed by atoms with van der Waals surface area (Å²) in [5.41, 5.74) is 1.80. The minimum absolute atomic E-state index is 0. The third kappa shape index (κ3) is 2.28. The van der Waals surface area contributed by atoms with Crippen molar-refractivity contribution in [3.8, 4) is 0 Å². The SMILES string of the molecule is COC[C@@]12CNCC[C@]1(c1ccc(Cl)c(Cl)c1)C2.Cl. The van der Waals surface area contributed by atoms with E-state index in [1.165, 1.54) is 12.0 Å². The molecule has 2 atom stereocenters. The molecular formula is C14H18Cl3NO. The van der Waals surface area contributed by atoms with Crippen molar-refractivity contribution in [2.75, 3.05) is 26.8 Å². The smallest absolute Gasteiger partial charge is 0.0595 e. The molecular weight excluding hydrogens is 305 g/mol. The van der Waals surface area contributed by atoms with E-state index in [1.54, 1.807) is 7.11 Å². The van der Waals surface area contributed by atoms with Gasteiger partial charge in [-0.2, -0.15) is 0 Å². The van der Waals surface area contributed by atoms with Crippen LogP contribution in [-0.4, -0.2) is 26.8 Å². The molecule has 5 heteroatoms. The lowest BCUT2D eigenvalue weighted by Crippen LogP contribution is -2.40. The molecule has 1 saturated heterocycles. The number of fused-ring (bicyclic) bond motifs is 1. The summed E-state index contributed by atoms with van der Waals surface area (Å²) >= 11 is 12.2. The van der Waals surface area contributed by atoms with E-state index in [1.807, 2.05) is 12.1 Å². The summed E-state index contributed by atoms with van der Waals surface area (Å²) in [6, 6.07) is 6.06. The third-order valence-electron chi connectivity index (χ3n) is 4.62. The van der Waals surface area contributed by atoms with Crippen molar-refractivity contribution in [1.29, 1.82) is 0 Å². The molecule has 1 heterocycles. The van der Waals surface area contributed by atoms with Crippen LogP contribution in [0.2, 0.25) is 10.0 Å². The van der Waals surface area contributed by atoms with Crippen LogP contribution < -0.4 is 5.32 Å². The van der Waals surface area contributed by atoms with Gasteiger partial charge in [-0.05, 0) is 37.1 Å². The fourth-order valence-electron chi connectivity index (χ4n) is 3.61. The number of halogens is 3. The molecule has 0 unspecified atom stereocenters. The van der Waals surface area contributed by atoms with Crippen molar-refractivity contribution in [3.05, 3.63) is 33.8 Å². The Morgan fingerprint density at radius 1 is 1.32 bits per heavy atom. The van der Waals surface area contributed by atoms with Gasteiger partial charge in [0.25, 0.3) is 0 Å². The van der Waals surface area contributed by atoms with Gasteiger partial charge in [0.1, 0.15) is 0 Å². The van der Waals surface area contributed by atoms with Gasteiger partial charge in [0.2, 0.25) is 0 Å². The average molecular weight is 323 g/mol. The maximum absolute atomic E-state index is 6.16. The van der Waals surface area contributed by atoms with Crippen LogP contribution in [0.5, 0.6) is 0 Å². The van der Waals surface area contributed by atoms with E-state index in [2.05, 4.69) is 11.4 Å². The Bertz CT molecular complexity index is 478. The first-order valence-electron chi connectivity index (χ1n) is 6.29. The Balaban J connectivity index is 0.00000133. The lowest BCUT2D eigenvalue weighted by Gasteiger charge is -2.31. The Kier molecular flexibility index (Phi) is 4.39. The van der Waals surface area contributed by atoms with Crippen LogP contribution >= 0.6 is 35.6 Å². The fourth-order valence-corrected chi connectivity index (χ4v) is 3.91. The Labute approximate surface area is 130 Å². The van der Waals surface area contributed by atoms with Gasteiger partial charge >= 0.3 is 0 Å². The quantitative estimate of drug-likeness (QED) is 0.916. The van der Waals surface area contributed by atoms with E-state index in [4.69, 9.17) is 27.9 Å². The molecule has 106 valence electrons. The molecule has 1 aliphatic carbocycles. The molecule has 0 spiro atoms. The average Bonchev–Trinajstić information content (AvgIpc) is 3.03. The fraction of sp³-hybridized carbons (Fsp3) is 0.571. The van der Waals surface area contributed by atoms with E-state index in [9.17, 15) is 0 Å². The predicted molar refractivity (Wildman–Crippen MR) is 81.8 cm³/mol. The van der Waals surface area contributed by atoms with Gasteiger partial charge in [-0.25, -0.2) is 0 Å². The summed E-state index contributed by atoms with van der Waals surface area (Å²) in [5.74, 6) is 0. The number of piperidine rings is 1. The summed E-state index contributed by atoms with van der Waals surface area (Å²) in [6.45, 7) is 2.90. The van der Waals surface area contributed by atoms with E-state index in [0.717, 1.165) is 26.1 Å². The molecule has 1 saturated carbocycles. The van der Waals surface area contributed by atoms with Gasteiger partial charge < -0.3 is 10.1 Å². The van der Waals surface area contributed by atoms with Crippen molar-refractivity contribution >= 4 is 35.6 Å². The Morgan fingerprint density at radius 3 is 2.79 bits per heavy atom. The summed E-state index contributed by atoms with van der Waals surface area (Å²) in [6.07, 6.45) is 2.33. The van der Waals surface area contributed by atoms with Gasteiger partial charge in [-0.3, -0.25) is 0 Å². The lowest BCUT2D eigenvalue weighted by molar-refractivity contribution is 0.116. The first kappa shape index (κ1) is 15.4. The summed E-state index contributed by atoms with van der Waals surface area (Å²) in [4.78, 5) is 0. The van der Waals surface area contributed by atoms with Crippen LogP contribution in [0.4, 0.5) is 0 Å². The maximum atomic E-state index is 6.16. The minimum atomic E-state index is 0.